The van der Waals surface area contributed by atoms with Gasteiger partial charge in [0.15, 0.2) is 0 Å². The summed E-state index contributed by atoms with van der Waals surface area (Å²) < 4.78 is 13.4. The Morgan fingerprint density at radius 1 is 1.42 bits per heavy atom. The van der Waals surface area contributed by atoms with E-state index in [1.807, 2.05) is 6.07 Å². The molecule has 3 nitrogen and oxygen atoms in total. The Morgan fingerprint density at radius 2 is 2.05 bits per heavy atom. The van der Waals surface area contributed by atoms with Crippen molar-refractivity contribution in [1.29, 1.82) is 0 Å². The molecule has 0 saturated carbocycles. The maximum Gasteiger partial charge on any atom is 0.306 e. The van der Waals surface area contributed by atoms with Crippen LogP contribution < -0.4 is 0 Å². The maximum absolute atomic E-state index is 13.4. The number of hydrogen-bond acceptors (Lipinski definition) is 2. The Labute approximate surface area is 118 Å². The molecule has 0 atom stereocenters. The molecule has 106 valence electrons. The van der Waals surface area contributed by atoms with Gasteiger partial charge in [-0.1, -0.05) is 12.1 Å². The number of nitrogens with zero attached hydrogens (tertiary/aromatic N) is 1. The average molecular weight is 288 g/mol. The third-order valence-electron chi connectivity index (χ3n) is 3.58. The molecule has 1 fully saturated rings. The number of halogens is 2. The number of carboxylic acid groups (broad SMARTS) is 1. The Morgan fingerprint density at radius 3 is 2.58 bits per heavy atom. The lowest BCUT2D eigenvalue weighted by Gasteiger charge is -2.30. The molecule has 0 spiro atoms. The second-order valence-corrected chi connectivity index (χ2v) is 4.97. The van der Waals surface area contributed by atoms with Crippen molar-refractivity contribution in [3.63, 3.8) is 0 Å². The highest BCUT2D eigenvalue weighted by Gasteiger charge is 2.24. The van der Waals surface area contributed by atoms with Gasteiger partial charge in [-0.3, -0.25) is 9.69 Å². The first-order chi connectivity index (χ1) is 8.56. The third-order valence-corrected chi connectivity index (χ3v) is 3.58. The maximum atomic E-state index is 13.4. The van der Waals surface area contributed by atoms with E-state index in [1.54, 1.807) is 19.1 Å². The van der Waals surface area contributed by atoms with E-state index in [1.165, 1.54) is 0 Å². The molecule has 0 aromatic heterocycles. The molecular weight excluding hydrogens is 269 g/mol. The van der Waals surface area contributed by atoms with Crippen molar-refractivity contribution in [2.45, 2.75) is 26.3 Å². The molecule has 0 aliphatic carbocycles. The van der Waals surface area contributed by atoms with E-state index in [0.29, 0.717) is 24.9 Å². The number of likely N-dealkylation sites (tertiary alicyclic amines) is 1. The molecule has 2 rings (SSSR count). The minimum Gasteiger partial charge on any atom is -0.481 e. The summed E-state index contributed by atoms with van der Waals surface area (Å²) in [6, 6.07) is 5.29. The van der Waals surface area contributed by atoms with Gasteiger partial charge in [-0.25, -0.2) is 4.39 Å². The summed E-state index contributed by atoms with van der Waals surface area (Å²) in [4.78, 5) is 13.0. The second-order valence-electron chi connectivity index (χ2n) is 4.97. The van der Waals surface area contributed by atoms with Crippen LogP contribution in [0.4, 0.5) is 4.39 Å². The summed E-state index contributed by atoms with van der Waals surface area (Å²) in [6.07, 6.45) is 1.37. The van der Waals surface area contributed by atoms with Gasteiger partial charge in [-0.2, -0.15) is 0 Å². The number of carboxylic acids is 1. The molecule has 1 saturated heterocycles. The minimum atomic E-state index is -0.698. The molecule has 0 unspecified atom stereocenters. The predicted molar refractivity (Wildman–Crippen MR) is 74.0 cm³/mol. The van der Waals surface area contributed by atoms with Gasteiger partial charge in [0.1, 0.15) is 5.82 Å². The molecule has 1 N–H and O–H groups in total. The number of benzene rings is 1. The standard InChI is InChI=1S/C14H18FNO2.ClH/c1-10-2-3-11(8-13(10)15)9-16-6-4-12(5-7-16)14(17)18;/h2-3,8,12H,4-7,9H2,1H3,(H,17,18);1H. The highest BCUT2D eigenvalue weighted by atomic mass is 35.5. The van der Waals surface area contributed by atoms with Gasteiger partial charge in [-0.15, -0.1) is 12.4 Å². The van der Waals surface area contributed by atoms with Crippen LogP contribution in [0.25, 0.3) is 0 Å². The largest absolute Gasteiger partial charge is 0.481 e. The van der Waals surface area contributed by atoms with Crippen molar-refractivity contribution in [1.82, 2.24) is 4.90 Å². The van der Waals surface area contributed by atoms with E-state index in [0.717, 1.165) is 18.7 Å². The Kier molecular flexibility index (Phi) is 5.76. The van der Waals surface area contributed by atoms with Crippen molar-refractivity contribution in [2.75, 3.05) is 13.1 Å². The van der Waals surface area contributed by atoms with Crippen LogP contribution in [0.15, 0.2) is 18.2 Å². The topological polar surface area (TPSA) is 40.5 Å². The molecule has 0 radical (unpaired) electrons. The van der Waals surface area contributed by atoms with E-state index in [2.05, 4.69) is 4.90 Å². The van der Waals surface area contributed by atoms with Gasteiger partial charge in [0.05, 0.1) is 5.92 Å². The molecule has 1 heterocycles. The fourth-order valence-corrected chi connectivity index (χ4v) is 2.33. The Bertz CT molecular complexity index is 445. The SMILES string of the molecule is Cc1ccc(CN2CCC(C(=O)O)CC2)cc1F.Cl. The van der Waals surface area contributed by atoms with Crippen LogP contribution in [0.5, 0.6) is 0 Å². The number of carbonyl (C=O) groups is 1. The van der Waals surface area contributed by atoms with Crippen LogP contribution in [0.2, 0.25) is 0 Å². The van der Waals surface area contributed by atoms with E-state index < -0.39 is 5.97 Å². The fraction of sp³-hybridized carbons (Fsp3) is 0.500. The van der Waals surface area contributed by atoms with Crippen LogP contribution in [-0.4, -0.2) is 29.1 Å². The van der Waals surface area contributed by atoms with E-state index in [4.69, 9.17) is 5.11 Å². The molecule has 1 aliphatic heterocycles. The summed E-state index contributed by atoms with van der Waals surface area (Å²) in [5.74, 6) is -1.08. The molecule has 0 bridgehead atoms. The smallest absolute Gasteiger partial charge is 0.306 e. The summed E-state index contributed by atoms with van der Waals surface area (Å²) in [6.45, 7) is 3.99. The number of aliphatic carboxylic acids is 1. The fourth-order valence-electron chi connectivity index (χ4n) is 2.33. The van der Waals surface area contributed by atoms with Gasteiger partial charge in [-0.05, 0) is 50.0 Å². The molecule has 1 aliphatic rings. The molecule has 1 aromatic rings. The van der Waals surface area contributed by atoms with Crippen molar-refractivity contribution in [2.24, 2.45) is 5.92 Å². The summed E-state index contributed by atoms with van der Waals surface area (Å²) in [5, 5.41) is 8.91. The quantitative estimate of drug-likeness (QED) is 0.929. The second kappa shape index (κ2) is 6.87. The Hall–Kier alpha value is -1.13. The molecule has 0 amide bonds. The molecule has 1 aromatic carbocycles. The van der Waals surface area contributed by atoms with Gasteiger partial charge < -0.3 is 5.11 Å². The van der Waals surface area contributed by atoms with Gasteiger partial charge in [0.25, 0.3) is 0 Å². The van der Waals surface area contributed by atoms with E-state index >= 15 is 0 Å². The average Bonchev–Trinajstić information content (AvgIpc) is 2.34. The zero-order valence-electron chi connectivity index (χ0n) is 10.9. The van der Waals surface area contributed by atoms with Crippen LogP contribution in [0.1, 0.15) is 24.0 Å². The van der Waals surface area contributed by atoms with Crippen molar-refractivity contribution >= 4 is 18.4 Å². The van der Waals surface area contributed by atoms with Crippen LogP contribution >= 0.6 is 12.4 Å². The zero-order valence-corrected chi connectivity index (χ0v) is 11.8. The van der Waals surface area contributed by atoms with Crippen LogP contribution in [0.3, 0.4) is 0 Å². The molecule has 5 heteroatoms. The van der Waals surface area contributed by atoms with E-state index in [9.17, 15) is 9.18 Å². The van der Waals surface area contributed by atoms with Gasteiger partial charge >= 0.3 is 5.97 Å². The van der Waals surface area contributed by atoms with Gasteiger partial charge in [0.2, 0.25) is 0 Å². The van der Waals surface area contributed by atoms with Gasteiger partial charge in [0, 0.05) is 6.54 Å². The normalized spacial score (nSPS) is 16.9. The Balaban J connectivity index is 0.00000180. The highest BCUT2D eigenvalue weighted by Crippen LogP contribution is 2.19. The number of hydrogen-bond donors (Lipinski definition) is 1. The lowest BCUT2D eigenvalue weighted by Crippen LogP contribution is -2.35. The first-order valence-electron chi connectivity index (χ1n) is 6.26. The number of piperidine rings is 1. The zero-order chi connectivity index (χ0) is 13.1. The molecular formula is C14H19ClFNO2. The first kappa shape index (κ1) is 15.9. The van der Waals surface area contributed by atoms with Crippen molar-refractivity contribution in [3.8, 4) is 0 Å². The van der Waals surface area contributed by atoms with Crippen molar-refractivity contribution < 1.29 is 14.3 Å². The lowest BCUT2D eigenvalue weighted by molar-refractivity contribution is -0.143. The summed E-state index contributed by atoms with van der Waals surface area (Å²) >= 11 is 0. The van der Waals surface area contributed by atoms with Crippen LogP contribution in [0, 0.1) is 18.7 Å². The highest BCUT2D eigenvalue weighted by molar-refractivity contribution is 5.85. The monoisotopic (exact) mass is 287 g/mol. The summed E-state index contributed by atoms with van der Waals surface area (Å²) in [7, 11) is 0. The summed E-state index contributed by atoms with van der Waals surface area (Å²) in [5.41, 5.74) is 1.61. The first-order valence-corrected chi connectivity index (χ1v) is 6.26. The number of aryl methyl sites for hydroxylation is 1. The minimum absolute atomic E-state index is 0. The lowest BCUT2D eigenvalue weighted by atomic mass is 9.97. The number of rotatable bonds is 3. The third kappa shape index (κ3) is 4.18. The van der Waals surface area contributed by atoms with Crippen molar-refractivity contribution in [3.05, 3.63) is 35.1 Å². The predicted octanol–water partition coefficient (Wildman–Crippen LogP) is 2.85. The van der Waals surface area contributed by atoms with E-state index in [-0.39, 0.29) is 24.1 Å². The van der Waals surface area contributed by atoms with Crippen LogP contribution in [-0.2, 0) is 11.3 Å². The molecule has 19 heavy (non-hydrogen) atoms.